The van der Waals surface area contributed by atoms with E-state index in [-0.39, 0.29) is 0 Å². The van der Waals surface area contributed by atoms with Crippen molar-refractivity contribution in [3.05, 3.63) is 90.0 Å². The molecular weight excluding hydrogens is 306 g/mol. The first kappa shape index (κ1) is 15.8. The number of ether oxygens (including phenoxy) is 1. The van der Waals surface area contributed by atoms with Gasteiger partial charge in [0.1, 0.15) is 12.4 Å². The van der Waals surface area contributed by atoms with Gasteiger partial charge in [0.25, 0.3) is 0 Å². The predicted molar refractivity (Wildman–Crippen MR) is 104 cm³/mol. The van der Waals surface area contributed by atoms with Crippen LogP contribution in [0.25, 0.3) is 0 Å². The van der Waals surface area contributed by atoms with Crippen molar-refractivity contribution < 1.29 is 4.74 Å². The first-order chi connectivity index (χ1) is 12.3. The van der Waals surface area contributed by atoms with Gasteiger partial charge in [-0.05, 0) is 49.1 Å². The maximum absolute atomic E-state index is 6.05. The van der Waals surface area contributed by atoms with E-state index in [4.69, 9.17) is 4.74 Å². The van der Waals surface area contributed by atoms with Crippen molar-refractivity contribution in [1.82, 2.24) is 0 Å². The minimum absolute atomic E-state index is 0.595. The third-order valence-corrected chi connectivity index (χ3v) is 4.63. The topological polar surface area (TPSA) is 12.5 Å². The summed E-state index contributed by atoms with van der Waals surface area (Å²) in [6.07, 6.45) is 2.51. The fourth-order valence-electron chi connectivity index (χ4n) is 3.15. The molecule has 0 saturated heterocycles. The van der Waals surface area contributed by atoms with Gasteiger partial charge in [-0.25, -0.2) is 0 Å². The van der Waals surface area contributed by atoms with Gasteiger partial charge in [0.2, 0.25) is 0 Å². The standard InChI is InChI=1S/C23H23NO/c1-18-12-15-22(25-17-19-8-4-2-5-9-19)16-23(18)24(21-13-14-21)20-10-6-3-7-11-20/h2-12,15-16,21H,13-14,17H2,1H3. The van der Waals surface area contributed by atoms with Gasteiger partial charge in [-0.1, -0.05) is 54.6 Å². The third-order valence-electron chi connectivity index (χ3n) is 4.63. The molecule has 0 radical (unpaired) electrons. The number of hydrogen-bond donors (Lipinski definition) is 0. The minimum atomic E-state index is 0.595. The van der Waals surface area contributed by atoms with Gasteiger partial charge in [-0.2, -0.15) is 0 Å². The first-order valence-corrected chi connectivity index (χ1v) is 8.93. The number of para-hydroxylation sites is 1. The molecule has 1 aliphatic carbocycles. The fraction of sp³-hybridized carbons (Fsp3) is 0.217. The molecular formula is C23H23NO. The highest BCUT2D eigenvalue weighted by atomic mass is 16.5. The zero-order valence-electron chi connectivity index (χ0n) is 14.6. The molecule has 3 aromatic rings. The molecule has 0 bridgehead atoms. The van der Waals surface area contributed by atoms with Crippen molar-refractivity contribution in [2.24, 2.45) is 0 Å². The van der Waals surface area contributed by atoms with Gasteiger partial charge >= 0.3 is 0 Å². The van der Waals surface area contributed by atoms with Crippen LogP contribution in [0, 0.1) is 6.92 Å². The van der Waals surface area contributed by atoms with Crippen LogP contribution in [-0.4, -0.2) is 6.04 Å². The highest BCUT2D eigenvalue weighted by molar-refractivity contribution is 5.69. The molecule has 1 fully saturated rings. The smallest absolute Gasteiger partial charge is 0.121 e. The van der Waals surface area contributed by atoms with Crippen LogP contribution in [0.15, 0.2) is 78.9 Å². The van der Waals surface area contributed by atoms with E-state index in [1.165, 1.54) is 35.3 Å². The molecule has 0 spiro atoms. The summed E-state index contributed by atoms with van der Waals surface area (Å²) in [4.78, 5) is 2.46. The van der Waals surface area contributed by atoms with Gasteiger partial charge < -0.3 is 9.64 Å². The van der Waals surface area contributed by atoms with Gasteiger partial charge in [0, 0.05) is 23.5 Å². The average Bonchev–Trinajstić information content (AvgIpc) is 3.49. The average molecular weight is 329 g/mol. The second-order valence-electron chi connectivity index (χ2n) is 6.66. The van der Waals surface area contributed by atoms with E-state index in [9.17, 15) is 0 Å². The van der Waals surface area contributed by atoms with Crippen molar-refractivity contribution in [2.45, 2.75) is 32.4 Å². The lowest BCUT2D eigenvalue weighted by Gasteiger charge is -2.27. The van der Waals surface area contributed by atoms with E-state index >= 15 is 0 Å². The molecule has 1 aliphatic rings. The molecule has 0 aromatic heterocycles. The SMILES string of the molecule is Cc1ccc(OCc2ccccc2)cc1N(c1ccccc1)C1CC1. The zero-order chi connectivity index (χ0) is 17.1. The molecule has 0 atom stereocenters. The van der Waals surface area contributed by atoms with E-state index in [0.717, 1.165) is 5.75 Å². The second kappa shape index (κ2) is 7.02. The lowest BCUT2D eigenvalue weighted by atomic mass is 10.1. The van der Waals surface area contributed by atoms with E-state index in [2.05, 4.69) is 72.5 Å². The van der Waals surface area contributed by atoms with Gasteiger partial charge in [-0.3, -0.25) is 0 Å². The number of rotatable bonds is 6. The van der Waals surface area contributed by atoms with Crippen LogP contribution in [0.3, 0.4) is 0 Å². The monoisotopic (exact) mass is 329 g/mol. The van der Waals surface area contributed by atoms with Gasteiger partial charge in [-0.15, -0.1) is 0 Å². The summed E-state index contributed by atoms with van der Waals surface area (Å²) >= 11 is 0. The number of hydrogen-bond acceptors (Lipinski definition) is 2. The minimum Gasteiger partial charge on any atom is -0.489 e. The predicted octanol–water partition coefficient (Wildman–Crippen LogP) is 5.87. The second-order valence-corrected chi connectivity index (χ2v) is 6.66. The van der Waals surface area contributed by atoms with Crippen LogP contribution in [0.1, 0.15) is 24.0 Å². The van der Waals surface area contributed by atoms with E-state index in [1.807, 2.05) is 18.2 Å². The van der Waals surface area contributed by atoms with Crippen LogP contribution < -0.4 is 9.64 Å². The molecule has 4 rings (SSSR count). The summed E-state index contributed by atoms with van der Waals surface area (Å²) in [7, 11) is 0. The Bertz CT molecular complexity index is 825. The molecule has 1 saturated carbocycles. The van der Waals surface area contributed by atoms with E-state index < -0.39 is 0 Å². The highest BCUT2D eigenvalue weighted by Crippen LogP contribution is 2.40. The Morgan fingerprint density at radius 2 is 1.56 bits per heavy atom. The fourth-order valence-corrected chi connectivity index (χ4v) is 3.15. The summed E-state index contributed by atoms with van der Waals surface area (Å²) in [6, 6.07) is 28.0. The number of anilines is 2. The summed E-state index contributed by atoms with van der Waals surface area (Å²) in [5.41, 5.74) is 4.97. The molecule has 0 unspecified atom stereocenters. The van der Waals surface area contributed by atoms with Crippen molar-refractivity contribution in [3.8, 4) is 5.75 Å². The lowest BCUT2D eigenvalue weighted by molar-refractivity contribution is 0.306. The molecule has 0 heterocycles. The largest absolute Gasteiger partial charge is 0.489 e. The molecule has 2 heteroatoms. The van der Waals surface area contributed by atoms with E-state index in [0.29, 0.717) is 12.6 Å². The molecule has 2 nitrogen and oxygen atoms in total. The Labute approximate surface area is 149 Å². The summed E-state index contributed by atoms with van der Waals surface area (Å²) in [5, 5.41) is 0. The molecule has 0 N–H and O–H groups in total. The van der Waals surface area contributed by atoms with Crippen molar-refractivity contribution in [1.29, 1.82) is 0 Å². The van der Waals surface area contributed by atoms with Crippen LogP contribution in [0.4, 0.5) is 11.4 Å². The Morgan fingerprint density at radius 1 is 0.880 bits per heavy atom. The van der Waals surface area contributed by atoms with Gasteiger partial charge in [0.15, 0.2) is 0 Å². The summed E-state index contributed by atoms with van der Waals surface area (Å²) in [6.45, 7) is 2.77. The first-order valence-electron chi connectivity index (χ1n) is 8.93. The maximum atomic E-state index is 6.05. The maximum Gasteiger partial charge on any atom is 0.121 e. The normalized spacial score (nSPS) is 13.5. The third kappa shape index (κ3) is 3.69. The Balaban J connectivity index is 1.60. The number of benzene rings is 3. The molecule has 3 aromatic carbocycles. The highest BCUT2D eigenvalue weighted by Gasteiger charge is 2.31. The van der Waals surface area contributed by atoms with Crippen molar-refractivity contribution in [3.63, 3.8) is 0 Å². The summed E-state index contributed by atoms with van der Waals surface area (Å²) in [5.74, 6) is 0.922. The zero-order valence-corrected chi connectivity index (χ0v) is 14.6. The Hall–Kier alpha value is -2.74. The lowest BCUT2D eigenvalue weighted by Crippen LogP contribution is -2.20. The molecule has 126 valence electrons. The quantitative estimate of drug-likeness (QED) is 0.560. The Kier molecular flexibility index (Phi) is 4.43. The molecule has 0 aliphatic heterocycles. The molecule has 25 heavy (non-hydrogen) atoms. The van der Waals surface area contributed by atoms with E-state index in [1.54, 1.807) is 0 Å². The number of nitrogens with zero attached hydrogens (tertiary/aromatic N) is 1. The molecule has 0 amide bonds. The van der Waals surface area contributed by atoms with Crippen molar-refractivity contribution >= 4 is 11.4 Å². The van der Waals surface area contributed by atoms with Crippen molar-refractivity contribution in [2.75, 3.05) is 4.90 Å². The van der Waals surface area contributed by atoms with Crippen LogP contribution in [-0.2, 0) is 6.61 Å². The Morgan fingerprint density at radius 3 is 2.24 bits per heavy atom. The summed E-state index contributed by atoms with van der Waals surface area (Å²) < 4.78 is 6.05. The van der Waals surface area contributed by atoms with Crippen LogP contribution >= 0.6 is 0 Å². The van der Waals surface area contributed by atoms with Crippen LogP contribution in [0.2, 0.25) is 0 Å². The number of aryl methyl sites for hydroxylation is 1. The van der Waals surface area contributed by atoms with Gasteiger partial charge in [0.05, 0.1) is 0 Å². The van der Waals surface area contributed by atoms with Crippen LogP contribution in [0.5, 0.6) is 5.75 Å².